The van der Waals surface area contributed by atoms with Crippen LogP contribution in [0.2, 0.25) is 0 Å². The first-order valence-corrected chi connectivity index (χ1v) is 7.63. The average molecular weight is 277 g/mol. The highest BCUT2D eigenvalue weighted by Crippen LogP contribution is 2.26. The summed E-state index contributed by atoms with van der Waals surface area (Å²) >= 11 is 1.74. The van der Waals surface area contributed by atoms with E-state index in [4.69, 9.17) is 0 Å². The quantitative estimate of drug-likeness (QED) is 0.870. The highest BCUT2D eigenvalue weighted by molar-refractivity contribution is 7.13. The summed E-state index contributed by atoms with van der Waals surface area (Å²) < 4.78 is 0. The van der Waals surface area contributed by atoms with E-state index in [0.29, 0.717) is 11.3 Å². The van der Waals surface area contributed by atoms with Gasteiger partial charge in [0.1, 0.15) is 0 Å². The Morgan fingerprint density at radius 1 is 1.42 bits per heavy atom. The van der Waals surface area contributed by atoms with Crippen molar-refractivity contribution in [3.63, 3.8) is 0 Å². The number of hydrogen-bond acceptors (Lipinski definition) is 3. The smallest absolute Gasteiger partial charge is 0.0794 e. The average Bonchev–Trinajstić information content (AvgIpc) is 2.97. The Morgan fingerprint density at radius 3 is 2.84 bits per heavy atom. The Balaban J connectivity index is 1.93. The third-order valence-corrected chi connectivity index (χ3v) is 4.62. The zero-order valence-corrected chi connectivity index (χ0v) is 13.0. The zero-order chi connectivity index (χ0) is 13.9. The first kappa shape index (κ1) is 14.3. The lowest BCUT2D eigenvalue weighted by molar-refractivity contribution is 0.252. The lowest BCUT2D eigenvalue weighted by Crippen LogP contribution is -2.29. The second-order valence-electron chi connectivity index (χ2n) is 6.15. The van der Waals surface area contributed by atoms with Gasteiger partial charge in [0, 0.05) is 12.1 Å². The number of aromatic amines is 1. The third-order valence-electron chi connectivity index (χ3n) is 3.73. The molecule has 19 heavy (non-hydrogen) atoms. The van der Waals surface area contributed by atoms with Crippen LogP contribution in [0.5, 0.6) is 0 Å². The van der Waals surface area contributed by atoms with E-state index in [1.54, 1.807) is 11.3 Å². The van der Waals surface area contributed by atoms with E-state index in [0.717, 1.165) is 18.8 Å². The fraction of sp³-hybridized carbons (Fsp3) is 0.533. The van der Waals surface area contributed by atoms with Crippen LogP contribution < -0.4 is 5.32 Å². The number of H-pyrrole nitrogens is 1. The number of nitrogens with one attached hydrogen (secondary N) is 2. The van der Waals surface area contributed by atoms with Crippen LogP contribution in [0.4, 0.5) is 0 Å². The predicted octanol–water partition coefficient (Wildman–Crippen LogP) is 3.91. The standard InChI is InChI=1S/C15H23N3S/c1-11(15(2,3)4)8-16-9-12-10-17-18-14(12)13-6-5-7-19-13/h5-7,10-11,16H,8-9H2,1-4H3,(H,17,18). The molecule has 2 aromatic rings. The fourth-order valence-corrected chi connectivity index (χ4v) is 2.56. The van der Waals surface area contributed by atoms with Crippen LogP contribution in [0.3, 0.4) is 0 Å². The Morgan fingerprint density at radius 2 is 2.21 bits per heavy atom. The normalized spacial score (nSPS) is 13.7. The predicted molar refractivity (Wildman–Crippen MR) is 82.2 cm³/mol. The molecule has 0 aromatic carbocycles. The van der Waals surface area contributed by atoms with Gasteiger partial charge < -0.3 is 5.32 Å². The number of nitrogens with zero attached hydrogens (tertiary/aromatic N) is 1. The van der Waals surface area contributed by atoms with Crippen molar-refractivity contribution in [2.75, 3.05) is 6.54 Å². The maximum atomic E-state index is 4.17. The molecule has 0 saturated heterocycles. The van der Waals surface area contributed by atoms with E-state index < -0.39 is 0 Å². The van der Waals surface area contributed by atoms with Crippen molar-refractivity contribution >= 4 is 11.3 Å². The SMILES string of the molecule is CC(CNCc1cn[nH]c1-c1cccs1)C(C)(C)C. The molecular formula is C15H23N3S. The van der Waals surface area contributed by atoms with Gasteiger partial charge in [-0.15, -0.1) is 11.3 Å². The maximum Gasteiger partial charge on any atom is 0.0794 e. The minimum absolute atomic E-state index is 0.347. The van der Waals surface area contributed by atoms with Gasteiger partial charge in [0.25, 0.3) is 0 Å². The van der Waals surface area contributed by atoms with Gasteiger partial charge in [-0.05, 0) is 29.3 Å². The van der Waals surface area contributed by atoms with Gasteiger partial charge >= 0.3 is 0 Å². The van der Waals surface area contributed by atoms with Gasteiger partial charge in [-0.2, -0.15) is 5.10 Å². The summed E-state index contributed by atoms with van der Waals surface area (Å²) in [5.41, 5.74) is 2.73. The van der Waals surface area contributed by atoms with Crippen molar-refractivity contribution in [3.8, 4) is 10.6 Å². The van der Waals surface area contributed by atoms with Crippen molar-refractivity contribution in [1.82, 2.24) is 15.5 Å². The van der Waals surface area contributed by atoms with E-state index in [1.807, 2.05) is 6.20 Å². The highest BCUT2D eigenvalue weighted by Gasteiger charge is 2.19. The van der Waals surface area contributed by atoms with Crippen LogP contribution in [0.15, 0.2) is 23.7 Å². The summed E-state index contributed by atoms with van der Waals surface area (Å²) in [4.78, 5) is 1.25. The largest absolute Gasteiger partial charge is 0.312 e. The molecule has 0 amide bonds. The molecule has 0 aliphatic heterocycles. The van der Waals surface area contributed by atoms with Crippen molar-refractivity contribution in [1.29, 1.82) is 0 Å². The molecule has 0 saturated carbocycles. The first-order valence-electron chi connectivity index (χ1n) is 6.75. The van der Waals surface area contributed by atoms with Crippen LogP contribution in [0.25, 0.3) is 10.6 Å². The molecule has 2 N–H and O–H groups in total. The summed E-state index contributed by atoms with van der Waals surface area (Å²) in [6.07, 6.45) is 1.92. The van der Waals surface area contributed by atoms with Gasteiger partial charge in [0.15, 0.2) is 0 Å². The summed E-state index contributed by atoms with van der Waals surface area (Å²) in [5, 5.41) is 12.9. The van der Waals surface area contributed by atoms with E-state index in [2.05, 4.69) is 60.7 Å². The Kier molecular flexibility index (Phi) is 4.42. The first-order chi connectivity index (χ1) is 8.98. The molecule has 2 aromatic heterocycles. The Bertz CT molecular complexity index is 494. The van der Waals surface area contributed by atoms with Gasteiger partial charge in [-0.25, -0.2) is 0 Å². The fourth-order valence-electron chi connectivity index (χ4n) is 1.81. The lowest BCUT2D eigenvalue weighted by Gasteiger charge is -2.27. The summed E-state index contributed by atoms with van der Waals surface area (Å²) in [6.45, 7) is 11.0. The van der Waals surface area contributed by atoms with Crippen LogP contribution in [0.1, 0.15) is 33.3 Å². The molecule has 104 valence electrons. The van der Waals surface area contributed by atoms with E-state index >= 15 is 0 Å². The van der Waals surface area contributed by atoms with E-state index in [-0.39, 0.29) is 0 Å². The van der Waals surface area contributed by atoms with Crippen molar-refractivity contribution < 1.29 is 0 Å². The number of thiophene rings is 1. The molecule has 0 fully saturated rings. The molecule has 3 nitrogen and oxygen atoms in total. The van der Waals surface area contributed by atoms with Gasteiger partial charge in [-0.3, -0.25) is 5.10 Å². The molecule has 0 radical (unpaired) electrons. The summed E-state index contributed by atoms with van der Waals surface area (Å²) in [6, 6.07) is 4.19. The van der Waals surface area contributed by atoms with Crippen LogP contribution in [-0.2, 0) is 6.54 Å². The number of rotatable bonds is 5. The van der Waals surface area contributed by atoms with Crippen molar-refractivity contribution in [3.05, 3.63) is 29.3 Å². The topological polar surface area (TPSA) is 40.7 Å². The molecule has 0 aliphatic rings. The summed E-state index contributed by atoms with van der Waals surface area (Å²) in [7, 11) is 0. The maximum absolute atomic E-state index is 4.17. The van der Waals surface area contributed by atoms with Gasteiger partial charge in [0.05, 0.1) is 16.8 Å². The van der Waals surface area contributed by atoms with Gasteiger partial charge in [-0.1, -0.05) is 33.8 Å². The van der Waals surface area contributed by atoms with Gasteiger partial charge in [0.2, 0.25) is 0 Å². The van der Waals surface area contributed by atoms with Crippen molar-refractivity contribution in [2.24, 2.45) is 11.3 Å². The number of aromatic nitrogens is 2. The molecule has 1 atom stereocenters. The molecule has 0 spiro atoms. The Hall–Kier alpha value is -1.13. The molecule has 4 heteroatoms. The second-order valence-corrected chi connectivity index (χ2v) is 7.09. The van der Waals surface area contributed by atoms with Crippen LogP contribution in [0, 0.1) is 11.3 Å². The minimum atomic E-state index is 0.347. The second kappa shape index (κ2) is 5.88. The monoisotopic (exact) mass is 277 g/mol. The highest BCUT2D eigenvalue weighted by atomic mass is 32.1. The molecule has 0 aliphatic carbocycles. The summed E-state index contributed by atoms with van der Waals surface area (Å²) in [5.74, 6) is 0.643. The van der Waals surface area contributed by atoms with E-state index in [9.17, 15) is 0 Å². The lowest BCUT2D eigenvalue weighted by atomic mass is 9.82. The van der Waals surface area contributed by atoms with Crippen LogP contribution in [-0.4, -0.2) is 16.7 Å². The molecule has 2 heterocycles. The Labute approximate surface area is 119 Å². The molecule has 1 unspecified atom stereocenters. The van der Waals surface area contributed by atoms with Crippen LogP contribution >= 0.6 is 11.3 Å². The third kappa shape index (κ3) is 3.67. The zero-order valence-electron chi connectivity index (χ0n) is 12.2. The minimum Gasteiger partial charge on any atom is -0.312 e. The molecular weight excluding hydrogens is 254 g/mol. The molecule has 2 rings (SSSR count). The van der Waals surface area contributed by atoms with E-state index in [1.165, 1.54) is 10.4 Å². The number of hydrogen-bond donors (Lipinski definition) is 2. The molecule has 0 bridgehead atoms. The van der Waals surface area contributed by atoms with Crippen molar-refractivity contribution in [2.45, 2.75) is 34.2 Å².